The van der Waals surface area contributed by atoms with Crippen LogP contribution < -0.4 is 153 Å². The maximum absolute atomic E-state index is 14.6. The molecule has 0 saturated heterocycles. The number of nitrogens with one attached hydrogen (secondary N) is 18. The third-order valence-corrected chi connectivity index (χ3v) is 23.0. The van der Waals surface area contributed by atoms with Crippen LogP contribution in [0.3, 0.4) is 0 Å². The van der Waals surface area contributed by atoms with Gasteiger partial charge in [-0.05, 0) is 245 Å². The number of guanidine groups is 1. The van der Waals surface area contributed by atoms with Gasteiger partial charge in [-0.1, -0.05) is 55.4 Å². The van der Waals surface area contributed by atoms with Crippen molar-refractivity contribution in [3.05, 3.63) is 0 Å². The fourth-order valence-electron chi connectivity index (χ4n) is 14.3. The molecule has 0 aromatic heterocycles. The molecule has 52 heteroatoms. The predicted octanol–water partition coefficient (Wildman–Crippen LogP) is -7.42. The van der Waals surface area contributed by atoms with E-state index in [0.29, 0.717) is 64.3 Å². The number of carboxylic acids is 1. The van der Waals surface area contributed by atoms with Gasteiger partial charge in [0, 0.05) is 18.1 Å². The van der Waals surface area contributed by atoms with Gasteiger partial charge in [0.25, 0.3) is 0 Å². The molecule has 812 valence electrons. The van der Waals surface area contributed by atoms with E-state index < -0.39 is 240 Å². The number of unbranched alkanes of at least 4 members (excludes halogenated alkanes) is 6. The molecule has 0 aromatic carbocycles. The average molecular weight is 2060 g/mol. The van der Waals surface area contributed by atoms with Gasteiger partial charge in [0.2, 0.25) is 112 Å². The monoisotopic (exact) mass is 2060 g/mol. The molecule has 0 heterocycles. The van der Waals surface area contributed by atoms with Crippen LogP contribution in [0, 0.1) is 23.7 Å². The van der Waals surface area contributed by atoms with Crippen molar-refractivity contribution in [3.8, 4) is 0 Å². The molecule has 0 radical (unpaired) electrons. The molecule has 0 unspecified atom stereocenters. The first-order valence-electron chi connectivity index (χ1n) is 49.1. The summed E-state index contributed by atoms with van der Waals surface area (Å²) < 4.78 is 0. The van der Waals surface area contributed by atoms with Crippen LogP contribution >= 0.6 is 25.3 Å². The highest BCUT2D eigenvalue weighted by Gasteiger charge is 2.39. The zero-order valence-electron chi connectivity index (χ0n) is 84.7. The first kappa shape index (κ1) is 131. The second-order valence-electron chi connectivity index (χ2n) is 37.1. The van der Waals surface area contributed by atoms with Gasteiger partial charge in [-0.3, -0.25) is 96.1 Å². The Morgan fingerprint density at radius 2 is 0.486 bits per heavy atom. The number of amides is 19. The van der Waals surface area contributed by atoms with E-state index >= 15 is 0 Å². The molecule has 0 spiro atoms. The largest absolute Gasteiger partial charge is 0.480 e. The molecule has 39 N–H and O–H groups in total. The summed E-state index contributed by atoms with van der Waals surface area (Å²) in [5.74, 6) is -19.4. The van der Waals surface area contributed by atoms with E-state index in [1.54, 1.807) is 55.4 Å². The number of carbonyl (C=O) groups is 20. The Hall–Kier alpha value is -10.9. The minimum atomic E-state index is -1.55. The number of carbonyl (C=O) groups excluding carboxylic acids is 19. The maximum Gasteiger partial charge on any atom is 0.326 e. The number of aliphatic imine (C=N–C) groups is 1. The van der Waals surface area contributed by atoms with Crippen molar-refractivity contribution in [1.82, 2.24) is 95.7 Å². The van der Waals surface area contributed by atoms with Crippen LogP contribution in [0.2, 0.25) is 0 Å². The summed E-state index contributed by atoms with van der Waals surface area (Å²) in [4.78, 5) is 280. The summed E-state index contributed by atoms with van der Waals surface area (Å²) >= 11 is 8.25. The highest BCUT2D eigenvalue weighted by Crippen LogP contribution is 2.17. The molecule has 142 heavy (non-hydrogen) atoms. The van der Waals surface area contributed by atoms with Crippen molar-refractivity contribution in [2.24, 2.45) is 86.0 Å². The van der Waals surface area contributed by atoms with E-state index in [9.17, 15) is 101 Å². The molecule has 0 aliphatic rings. The van der Waals surface area contributed by atoms with Crippen molar-refractivity contribution in [1.29, 1.82) is 0 Å². The van der Waals surface area contributed by atoms with Crippen molar-refractivity contribution >= 4 is 149 Å². The third kappa shape index (κ3) is 55.6. The minimum Gasteiger partial charge on any atom is -0.480 e. The standard InChI is InChI=1S/C90H169N29O21S2/c1-48(2)40-64(115-80(130)59(27-14-20-34-92)109-74(124)54(11)105-86(136)67(43-51(7)8)118-83(133)62(30-17-23-37-95)112-88(138)69(47-142)119-78(128)57(32-25-39-101-90(99)100)107-71(121)45-102-77(127)68(44-70(98)120)114-76(126)56(97)46-141)84(134)103-52(9)72(122)108-58(26-13-19-33-91)79(129)111-61(29-16-22-36-94)82(132)117-66(42-50(5)6)85(135)104-53(10)73(123)110-60(28-15-21-35-93)81(131)116-65(41-49(3)4)87(137)106-55(12)75(125)113-63(89(139)140)31-18-24-38-96/h48-69,141-142H,13-47,91-97H2,1-12H3,(H2,98,120)(H,102,127)(H,103,134)(H,104,135)(H,105,136)(H,106,137)(H,107,121)(H,108,122)(H,109,124)(H,110,123)(H,111,129)(H,112,138)(H,113,125)(H,114,126)(H,115,130)(H,116,131)(H,117,132)(H,118,133)(H,119,128)(H,139,140)(H4,99,100,101)/t52-,53-,54-,55-,56+,57+,58-,59-,60-,61-,62-,63-,64-,65-,66-,67-,68+,69+/m1/s1. The van der Waals surface area contributed by atoms with Crippen LogP contribution in [0.4, 0.5) is 0 Å². The van der Waals surface area contributed by atoms with Gasteiger partial charge in [-0.15, -0.1) is 0 Å². The molecule has 0 saturated carbocycles. The van der Waals surface area contributed by atoms with Crippen LogP contribution in [0.25, 0.3) is 0 Å². The molecular formula is C90H169N29O21S2. The van der Waals surface area contributed by atoms with Gasteiger partial charge >= 0.3 is 5.97 Å². The molecule has 0 aliphatic carbocycles. The van der Waals surface area contributed by atoms with Crippen LogP contribution in [-0.4, -0.2) is 302 Å². The highest BCUT2D eigenvalue weighted by atomic mass is 32.1. The summed E-state index contributed by atoms with van der Waals surface area (Å²) in [5, 5.41) is 56.2. The zero-order chi connectivity index (χ0) is 108. The molecule has 50 nitrogen and oxygen atoms in total. The molecule has 0 rings (SSSR count). The lowest BCUT2D eigenvalue weighted by Gasteiger charge is -2.28. The number of primary amides is 1. The minimum absolute atomic E-state index is 0.00778. The van der Waals surface area contributed by atoms with Gasteiger partial charge in [0.15, 0.2) is 5.96 Å². The fraction of sp³-hybridized carbons (Fsp3) is 0.767. The Bertz CT molecular complexity index is 4020. The number of thiol groups is 2. The van der Waals surface area contributed by atoms with E-state index in [1.165, 1.54) is 27.7 Å². The quantitative estimate of drug-likeness (QED) is 0.0116. The predicted molar refractivity (Wildman–Crippen MR) is 541 cm³/mol. The number of nitrogens with two attached hydrogens (primary N) is 10. The first-order chi connectivity index (χ1) is 66.9. The van der Waals surface area contributed by atoms with Gasteiger partial charge < -0.3 is 158 Å². The van der Waals surface area contributed by atoms with Gasteiger partial charge in [0.05, 0.1) is 19.0 Å². The molecular weight excluding hydrogens is 1890 g/mol. The summed E-state index contributed by atoms with van der Waals surface area (Å²) in [6.45, 7) is 20.0. The number of nitrogens with zero attached hydrogens (tertiary/aromatic N) is 1. The summed E-state index contributed by atoms with van der Waals surface area (Å²) in [7, 11) is 0. The normalized spacial score (nSPS) is 15.1. The SMILES string of the molecule is CC(C)C[C@@H](NC(=O)[C@@H](CCCCN)NC(=O)[C@H](CS)NC(=O)[C@H](CCCN=C(N)N)NC(=O)CNC(=O)[C@H](CC(N)=O)NC(=O)[C@@H](N)CS)C(=O)N[C@H](C)C(=O)N[C@H](CCCCN)C(=O)N[C@H](CC(C)C)C(=O)N[C@H](C)C(=O)N[C@H](CCCCN)C(=O)N[C@H](CCCCN)C(=O)N[C@H](CC(C)C)C(=O)N[C@H](C)C(=O)N[C@H](CCCCN)C(=O)N[C@H](CC(C)C)C(=O)N[C@H](C)C(=O)N[C@H](CCCCN)C(=O)O. The van der Waals surface area contributed by atoms with Crippen LogP contribution in [0.15, 0.2) is 4.99 Å². The summed E-state index contributed by atoms with van der Waals surface area (Å²) in [6.07, 6.45) is 3.79. The van der Waals surface area contributed by atoms with Crippen LogP contribution in [0.5, 0.6) is 0 Å². The third-order valence-electron chi connectivity index (χ3n) is 22.2. The molecule has 0 fully saturated rings. The zero-order valence-corrected chi connectivity index (χ0v) is 86.5. The maximum atomic E-state index is 14.6. The van der Waals surface area contributed by atoms with Crippen LogP contribution in [0.1, 0.15) is 244 Å². The topological polar surface area (TPSA) is 851 Å². The van der Waals surface area contributed by atoms with E-state index in [-0.39, 0.29) is 177 Å². The second kappa shape index (κ2) is 73.2. The summed E-state index contributed by atoms with van der Waals surface area (Å²) in [6, 6.07) is -24.3. The lowest BCUT2D eigenvalue weighted by Crippen LogP contribution is -2.60. The molecule has 0 aromatic rings. The van der Waals surface area contributed by atoms with Crippen LogP contribution in [-0.2, 0) is 95.9 Å². The van der Waals surface area contributed by atoms with Gasteiger partial charge in [-0.25, -0.2) is 4.79 Å². The average Bonchev–Trinajstić information content (AvgIpc) is 0.857. The number of hydrogen-bond donors (Lipinski definition) is 31. The Morgan fingerprint density at radius 3 is 0.732 bits per heavy atom. The number of carboxylic acid groups (broad SMARTS) is 1. The molecule has 18 atom stereocenters. The Morgan fingerprint density at radius 1 is 0.261 bits per heavy atom. The lowest BCUT2D eigenvalue weighted by molar-refractivity contribution is -0.142. The van der Waals surface area contributed by atoms with Crippen molar-refractivity contribution < 1.29 is 101 Å². The Kier molecular flexibility index (Phi) is 67.6. The van der Waals surface area contributed by atoms with E-state index in [1.807, 2.05) is 0 Å². The number of rotatable bonds is 77. The van der Waals surface area contributed by atoms with E-state index in [0.717, 1.165) is 0 Å². The van der Waals surface area contributed by atoms with Gasteiger partial charge in [0.1, 0.15) is 103 Å². The molecule has 0 bridgehead atoms. The Balaban J connectivity index is 6.94. The van der Waals surface area contributed by atoms with E-state index in [4.69, 9.17) is 57.3 Å². The van der Waals surface area contributed by atoms with Crippen molar-refractivity contribution in [3.63, 3.8) is 0 Å². The Labute approximate surface area is 844 Å². The van der Waals surface area contributed by atoms with E-state index in [2.05, 4.69) is 126 Å². The fourth-order valence-corrected chi connectivity index (χ4v) is 14.7. The number of aliphatic carboxylic acids is 1. The molecule has 19 amide bonds. The van der Waals surface area contributed by atoms with Crippen molar-refractivity contribution in [2.45, 2.75) is 352 Å². The molecule has 0 aliphatic heterocycles. The number of hydrogen-bond acceptors (Lipinski definition) is 30. The smallest absolute Gasteiger partial charge is 0.326 e. The first-order valence-corrected chi connectivity index (χ1v) is 50.3. The van der Waals surface area contributed by atoms with Gasteiger partial charge in [-0.2, -0.15) is 25.3 Å². The second-order valence-corrected chi connectivity index (χ2v) is 37.9. The lowest BCUT2D eigenvalue weighted by atomic mass is 10.0. The summed E-state index contributed by atoms with van der Waals surface area (Å²) in [5.41, 5.74) is 56.7. The highest BCUT2D eigenvalue weighted by molar-refractivity contribution is 7.80. The van der Waals surface area contributed by atoms with Crippen molar-refractivity contribution in [2.75, 3.05) is 63.9 Å².